The molecular weight excluding hydrogens is 196 g/mol. The van der Waals surface area contributed by atoms with Gasteiger partial charge in [-0.25, -0.2) is 0 Å². The molecule has 16 heavy (non-hydrogen) atoms. The third-order valence-electron chi connectivity index (χ3n) is 5.12. The number of fused-ring (bicyclic) bond motifs is 1. The molecule has 0 spiro atoms. The van der Waals surface area contributed by atoms with Crippen molar-refractivity contribution in [2.24, 2.45) is 23.7 Å². The highest BCUT2D eigenvalue weighted by atomic mass is 16.3. The largest absolute Gasteiger partial charge is 0.389 e. The molecular formula is C15H26O. The summed E-state index contributed by atoms with van der Waals surface area (Å²) in [5.74, 6) is 2.39. The highest BCUT2D eigenvalue weighted by Gasteiger charge is 2.49. The van der Waals surface area contributed by atoms with E-state index in [2.05, 4.69) is 33.8 Å². The molecule has 0 saturated heterocycles. The molecule has 0 aliphatic heterocycles. The third kappa shape index (κ3) is 1.84. The van der Waals surface area contributed by atoms with Crippen LogP contribution in [0.5, 0.6) is 0 Å². The minimum absolute atomic E-state index is 0.410. The smallest absolute Gasteiger partial charge is 0.0741 e. The number of allylic oxidation sites excluding steroid dienone is 1. The molecule has 2 aliphatic rings. The van der Waals surface area contributed by atoms with Gasteiger partial charge in [-0.2, -0.15) is 0 Å². The van der Waals surface area contributed by atoms with Crippen LogP contribution >= 0.6 is 0 Å². The topological polar surface area (TPSA) is 20.2 Å². The van der Waals surface area contributed by atoms with Crippen molar-refractivity contribution in [1.29, 1.82) is 0 Å². The first kappa shape index (κ1) is 12.2. The van der Waals surface area contributed by atoms with Crippen molar-refractivity contribution in [2.75, 3.05) is 0 Å². The standard InChI is InChI=1S/C15H26O/c1-10(2)13-6-5-12(4)15(16)8-7-11(3)9-14(13)15/h7,10,12-14,16H,5-6,8-9H2,1-4H3. The number of hydrogen-bond acceptors (Lipinski definition) is 1. The van der Waals surface area contributed by atoms with Gasteiger partial charge in [-0.05, 0) is 56.3 Å². The average molecular weight is 222 g/mol. The van der Waals surface area contributed by atoms with Crippen molar-refractivity contribution in [1.82, 2.24) is 0 Å². The Balaban J connectivity index is 2.29. The van der Waals surface area contributed by atoms with Crippen molar-refractivity contribution >= 4 is 0 Å². The molecule has 0 aromatic carbocycles. The van der Waals surface area contributed by atoms with E-state index in [1.807, 2.05) is 0 Å². The second-order valence-corrected chi connectivity index (χ2v) is 6.44. The van der Waals surface area contributed by atoms with Gasteiger partial charge in [-0.3, -0.25) is 0 Å². The van der Waals surface area contributed by atoms with E-state index in [0.29, 0.717) is 23.7 Å². The van der Waals surface area contributed by atoms with E-state index in [9.17, 15) is 5.11 Å². The Labute approximate surface area is 99.9 Å². The summed E-state index contributed by atoms with van der Waals surface area (Å²) in [7, 11) is 0. The highest BCUT2D eigenvalue weighted by molar-refractivity contribution is 5.15. The fourth-order valence-electron chi connectivity index (χ4n) is 3.88. The van der Waals surface area contributed by atoms with Gasteiger partial charge in [0.15, 0.2) is 0 Å². The number of rotatable bonds is 1. The van der Waals surface area contributed by atoms with Crippen molar-refractivity contribution in [3.05, 3.63) is 11.6 Å². The Morgan fingerprint density at radius 2 is 2.06 bits per heavy atom. The first-order chi connectivity index (χ1) is 7.45. The van der Waals surface area contributed by atoms with Crippen molar-refractivity contribution in [3.8, 4) is 0 Å². The second kappa shape index (κ2) is 4.18. The van der Waals surface area contributed by atoms with Crippen LogP contribution in [0, 0.1) is 23.7 Å². The summed E-state index contributed by atoms with van der Waals surface area (Å²) in [4.78, 5) is 0. The van der Waals surface area contributed by atoms with Gasteiger partial charge in [0.2, 0.25) is 0 Å². The fourth-order valence-corrected chi connectivity index (χ4v) is 3.88. The lowest BCUT2D eigenvalue weighted by Gasteiger charge is -2.52. The van der Waals surface area contributed by atoms with Crippen LogP contribution in [-0.4, -0.2) is 10.7 Å². The number of aliphatic hydroxyl groups is 1. The second-order valence-electron chi connectivity index (χ2n) is 6.44. The molecule has 2 rings (SSSR count). The Hall–Kier alpha value is -0.300. The summed E-state index contributed by atoms with van der Waals surface area (Å²) in [6, 6.07) is 0. The van der Waals surface area contributed by atoms with Gasteiger partial charge in [0, 0.05) is 0 Å². The summed E-state index contributed by atoms with van der Waals surface area (Å²) in [5, 5.41) is 11.0. The summed E-state index contributed by atoms with van der Waals surface area (Å²) in [6.07, 6.45) is 6.76. The van der Waals surface area contributed by atoms with Gasteiger partial charge in [0.05, 0.1) is 5.60 Å². The molecule has 0 heterocycles. The minimum Gasteiger partial charge on any atom is -0.389 e. The molecule has 0 bridgehead atoms. The molecule has 0 aromatic heterocycles. The van der Waals surface area contributed by atoms with Gasteiger partial charge in [-0.15, -0.1) is 0 Å². The van der Waals surface area contributed by atoms with Gasteiger partial charge in [-0.1, -0.05) is 32.4 Å². The lowest BCUT2D eigenvalue weighted by atomic mass is 9.57. The van der Waals surface area contributed by atoms with E-state index in [1.54, 1.807) is 0 Å². The van der Waals surface area contributed by atoms with Crippen LogP contribution in [0.15, 0.2) is 11.6 Å². The molecule has 1 N–H and O–H groups in total. The summed E-state index contributed by atoms with van der Waals surface area (Å²) < 4.78 is 0. The van der Waals surface area contributed by atoms with E-state index < -0.39 is 5.60 Å². The Morgan fingerprint density at radius 1 is 1.38 bits per heavy atom. The Kier molecular flexibility index (Phi) is 3.18. The molecule has 1 fully saturated rings. The first-order valence-corrected chi connectivity index (χ1v) is 6.83. The van der Waals surface area contributed by atoms with Crippen LogP contribution in [0.2, 0.25) is 0 Å². The van der Waals surface area contributed by atoms with E-state index in [4.69, 9.17) is 0 Å². The van der Waals surface area contributed by atoms with E-state index in [1.165, 1.54) is 18.4 Å². The van der Waals surface area contributed by atoms with E-state index >= 15 is 0 Å². The maximum Gasteiger partial charge on any atom is 0.0741 e. The molecule has 0 aromatic rings. The molecule has 1 nitrogen and oxygen atoms in total. The monoisotopic (exact) mass is 222 g/mol. The quantitative estimate of drug-likeness (QED) is 0.669. The van der Waals surface area contributed by atoms with Crippen LogP contribution in [0.4, 0.5) is 0 Å². The van der Waals surface area contributed by atoms with Crippen LogP contribution < -0.4 is 0 Å². The van der Waals surface area contributed by atoms with Gasteiger partial charge < -0.3 is 5.11 Å². The van der Waals surface area contributed by atoms with Gasteiger partial charge in [0.1, 0.15) is 0 Å². The van der Waals surface area contributed by atoms with Gasteiger partial charge >= 0.3 is 0 Å². The predicted molar refractivity (Wildman–Crippen MR) is 68.2 cm³/mol. The highest BCUT2D eigenvalue weighted by Crippen LogP contribution is 2.51. The normalized spacial score (nSPS) is 44.1. The molecule has 92 valence electrons. The molecule has 4 unspecified atom stereocenters. The Bertz CT molecular complexity index is 292. The fraction of sp³-hybridized carbons (Fsp3) is 0.867. The van der Waals surface area contributed by atoms with Gasteiger partial charge in [0.25, 0.3) is 0 Å². The first-order valence-electron chi connectivity index (χ1n) is 6.83. The molecule has 2 aliphatic carbocycles. The minimum atomic E-state index is -0.410. The summed E-state index contributed by atoms with van der Waals surface area (Å²) >= 11 is 0. The predicted octanol–water partition coefficient (Wildman–Crippen LogP) is 3.78. The van der Waals surface area contributed by atoms with E-state index in [0.717, 1.165) is 12.8 Å². The summed E-state index contributed by atoms with van der Waals surface area (Å²) in [5.41, 5.74) is 1.07. The SMILES string of the molecule is CC1=CCC2(O)C(C)CCC(C(C)C)C2C1. The van der Waals surface area contributed by atoms with E-state index in [-0.39, 0.29) is 0 Å². The average Bonchev–Trinajstić information content (AvgIpc) is 2.21. The third-order valence-corrected chi connectivity index (χ3v) is 5.12. The molecule has 1 heteroatoms. The maximum absolute atomic E-state index is 11.0. The molecule has 0 radical (unpaired) electrons. The Morgan fingerprint density at radius 3 is 2.69 bits per heavy atom. The number of hydrogen-bond donors (Lipinski definition) is 1. The zero-order valence-electron chi connectivity index (χ0n) is 11.2. The van der Waals surface area contributed by atoms with Crippen LogP contribution in [0.3, 0.4) is 0 Å². The zero-order valence-corrected chi connectivity index (χ0v) is 11.2. The molecule has 0 amide bonds. The molecule has 1 saturated carbocycles. The van der Waals surface area contributed by atoms with Crippen LogP contribution in [-0.2, 0) is 0 Å². The van der Waals surface area contributed by atoms with Crippen molar-refractivity contribution < 1.29 is 5.11 Å². The summed E-state index contributed by atoms with van der Waals surface area (Å²) in [6.45, 7) is 9.08. The van der Waals surface area contributed by atoms with Crippen LogP contribution in [0.25, 0.3) is 0 Å². The lowest BCUT2D eigenvalue weighted by Crippen LogP contribution is -2.52. The zero-order chi connectivity index (χ0) is 11.9. The van der Waals surface area contributed by atoms with Crippen LogP contribution in [0.1, 0.15) is 53.4 Å². The molecule has 4 atom stereocenters. The van der Waals surface area contributed by atoms with Crippen molar-refractivity contribution in [2.45, 2.75) is 59.0 Å². The van der Waals surface area contributed by atoms with Crippen molar-refractivity contribution in [3.63, 3.8) is 0 Å². The maximum atomic E-state index is 11.0. The lowest BCUT2D eigenvalue weighted by molar-refractivity contribution is -0.122.